The summed E-state index contributed by atoms with van der Waals surface area (Å²) in [5.74, 6) is 0.226. The van der Waals surface area contributed by atoms with Gasteiger partial charge < -0.3 is 15.4 Å². The minimum absolute atomic E-state index is 0.226. The molecule has 1 saturated heterocycles. The Kier molecular flexibility index (Phi) is 2.85. The highest BCUT2D eigenvalue weighted by Gasteiger charge is 2.19. The number of pyridine rings is 1. The molecule has 0 bridgehead atoms. The number of nitrogen functional groups attached to an aromatic ring is 1. The second kappa shape index (κ2) is 4.29. The van der Waals surface area contributed by atoms with Crippen molar-refractivity contribution in [1.29, 1.82) is 0 Å². The van der Waals surface area contributed by atoms with Crippen LogP contribution in [0.2, 0.25) is 0 Å². The molecule has 1 aliphatic rings. The normalized spacial score (nSPS) is 17.7. The number of carbonyl (C=O) groups excluding carboxylic acids is 1. The maximum Gasteiger partial charge on any atom is 0.123 e. The van der Waals surface area contributed by atoms with Crippen molar-refractivity contribution in [3.63, 3.8) is 0 Å². The first kappa shape index (κ1) is 9.96. The number of piperidine rings is 1. The summed E-state index contributed by atoms with van der Waals surface area (Å²) in [6.45, 7) is 1.80. The molecule has 4 heteroatoms. The predicted molar refractivity (Wildman–Crippen MR) is 59.7 cm³/mol. The van der Waals surface area contributed by atoms with Crippen molar-refractivity contribution in [2.24, 2.45) is 5.92 Å². The van der Waals surface area contributed by atoms with Gasteiger partial charge in [0.1, 0.15) is 6.29 Å². The topological polar surface area (TPSA) is 59.2 Å². The Morgan fingerprint density at radius 2 is 2.20 bits per heavy atom. The van der Waals surface area contributed by atoms with Crippen LogP contribution in [0.3, 0.4) is 0 Å². The number of carbonyl (C=O) groups is 1. The van der Waals surface area contributed by atoms with E-state index in [2.05, 4.69) is 9.88 Å². The first-order chi connectivity index (χ1) is 7.31. The average Bonchev–Trinajstić information content (AvgIpc) is 2.30. The quantitative estimate of drug-likeness (QED) is 0.734. The van der Waals surface area contributed by atoms with Gasteiger partial charge in [-0.05, 0) is 18.9 Å². The van der Waals surface area contributed by atoms with E-state index >= 15 is 0 Å². The van der Waals surface area contributed by atoms with Crippen LogP contribution in [0.25, 0.3) is 0 Å². The van der Waals surface area contributed by atoms with E-state index in [4.69, 9.17) is 5.73 Å². The average molecular weight is 205 g/mol. The zero-order valence-corrected chi connectivity index (χ0v) is 8.60. The molecule has 1 aliphatic heterocycles. The molecule has 2 N–H and O–H groups in total. The molecule has 1 fully saturated rings. The zero-order valence-electron chi connectivity index (χ0n) is 8.60. The number of nitrogens with zero attached hydrogens (tertiary/aromatic N) is 2. The summed E-state index contributed by atoms with van der Waals surface area (Å²) in [5.41, 5.74) is 7.59. The van der Waals surface area contributed by atoms with Crippen LogP contribution in [-0.4, -0.2) is 24.4 Å². The van der Waals surface area contributed by atoms with Gasteiger partial charge in [0.05, 0.1) is 17.6 Å². The Bertz CT molecular complexity index is 345. The second-order valence-corrected chi connectivity index (χ2v) is 3.90. The number of aromatic nitrogens is 1. The first-order valence-electron chi connectivity index (χ1n) is 5.21. The number of hydrogen-bond donors (Lipinski definition) is 1. The fraction of sp³-hybridized carbons (Fsp3) is 0.455. The van der Waals surface area contributed by atoms with Crippen LogP contribution in [0, 0.1) is 5.92 Å². The Labute approximate surface area is 89.1 Å². The first-order valence-corrected chi connectivity index (χ1v) is 5.21. The predicted octanol–water partition coefficient (Wildman–Crippen LogP) is 1.08. The lowest BCUT2D eigenvalue weighted by molar-refractivity contribution is -0.111. The van der Waals surface area contributed by atoms with Gasteiger partial charge in [0.25, 0.3) is 0 Å². The summed E-state index contributed by atoms with van der Waals surface area (Å²) >= 11 is 0. The number of hydrogen-bond acceptors (Lipinski definition) is 4. The highest BCUT2D eigenvalue weighted by Crippen LogP contribution is 2.26. The Morgan fingerprint density at radius 1 is 1.47 bits per heavy atom. The molecule has 0 aliphatic carbocycles. The Hall–Kier alpha value is -1.58. The minimum Gasteiger partial charge on any atom is -0.396 e. The van der Waals surface area contributed by atoms with Gasteiger partial charge in [0, 0.05) is 25.2 Å². The maximum absolute atomic E-state index is 10.6. The van der Waals surface area contributed by atoms with Gasteiger partial charge in [-0.2, -0.15) is 0 Å². The van der Waals surface area contributed by atoms with E-state index in [1.165, 1.54) is 0 Å². The molecule has 80 valence electrons. The van der Waals surface area contributed by atoms with E-state index in [0.29, 0.717) is 5.69 Å². The molecule has 0 aromatic carbocycles. The molecule has 0 amide bonds. The molecular formula is C11H15N3O. The third-order valence-electron chi connectivity index (χ3n) is 2.90. The maximum atomic E-state index is 10.6. The number of nitrogens with two attached hydrogens (primary N) is 1. The van der Waals surface area contributed by atoms with E-state index in [0.717, 1.165) is 37.9 Å². The molecule has 0 unspecified atom stereocenters. The van der Waals surface area contributed by atoms with E-state index in [-0.39, 0.29) is 5.92 Å². The van der Waals surface area contributed by atoms with Gasteiger partial charge in [-0.3, -0.25) is 4.98 Å². The van der Waals surface area contributed by atoms with Gasteiger partial charge in [-0.25, -0.2) is 0 Å². The molecular weight excluding hydrogens is 190 g/mol. The van der Waals surface area contributed by atoms with Crippen molar-refractivity contribution in [3.8, 4) is 0 Å². The van der Waals surface area contributed by atoms with Gasteiger partial charge in [0.2, 0.25) is 0 Å². The highest BCUT2D eigenvalue weighted by atomic mass is 16.1. The Balaban J connectivity index is 2.07. The van der Waals surface area contributed by atoms with Crippen LogP contribution >= 0.6 is 0 Å². The SMILES string of the molecule is Nc1cnccc1N1CCC(C=O)CC1. The summed E-state index contributed by atoms with van der Waals surface area (Å²) in [7, 11) is 0. The van der Waals surface area contributed by atoms with Gasteiger partial charge in [-0.15, -0.1) is 0 Å². The molecule has 0 spiro atoms. The third kappa shape index (κ3) is 2.09. The minimum atomic E-state index is 0.226. The summed E-state index contributed by atoms with van der Waals surface area (Å²) < 4.78 is 0. The highest BCUT2D eigenvalue weighted by molar-refractivity contribution is 5.66. The fourth-order valence-corrected chi connectivity index (χ4v) is 1.96. The number of rotatable bonds is 2. The van der Waals surface area contributed by atoms with E-state index in [1.807, 2.05) is 6.07 Å². The van der Waals surface area contributed by atoms with Crippen LogP contribution in [0.5, 0.6) is 0 Å². The van der Waals surface area contributed by atoms with E-state index in [1.54, 1.807) is 12.4 Å². The van der Waals surface area contributed by atoms with Crippen LogP contribution < -0.4 is 10.6 Å². The van der Waals surface area contributed by atoms with Crippen molar-refractivity contribution in [2.45, 2.75) is 12.8 Å². The molecule has 2 rings (SSSR count). The second-order valence-electron chi connectivity index (χ2n) is 3.90. The van der Waals surface area contributed by atoms with Crippen LogP contribution in [-0.2, 0) is 4.79 Å². The lowest BCUT2D eigenvalue weighted by Gasteiger charge is -2.32. The van der Waals surface area contributed by atoms with Crippen LogP contribution in [0.15, 0.2) is 18.5 Å². The molecule has 0 atom stereocenters. The van der Waals surface area contributed by atoms with Gasteiger partial charge in [0.15, 0.2) is 0 Å². The molecule has 1 aromatic rings. The summed E-state index contributed by atoms with van der Waals surface area (Å²) in [6.07, 6.45) is 6.32. The van der Waals surface area contributed by atoms with Crippen molar-refractivity contribution in [3.05, 3.63) is 18.5 Å². The molecule has 2 heterocycles. The van der Waals surface area contributed by atoms with Crippen molar-refractivity contribution in [2.75, 3.05) is 23.7 Å². The molecule has 1 aromatic heterocycles. The van der Waals surface area contributed by atoms with Gasteiger partial charge >= 0.3 is 0 Å². The lowest BCUT2D eigenvalue weighted by atomic mass is 9.98. The van der Waals surface area contributed by atoms with Gasteiger partial charge in [-0.1, -0.05) is 0 Å². The molecule has 4 nitrogen and oxygen atoms in total. The van der Waals surface area contributed by atoms with Crippen LogP contribution in [0.4, 0.5) is 11.4 Å². The summed E-state index contributed by atoms with van der Waals surface area (Å²) in [6, 6.07) is 1.93. The Morgan fingerprint density at radius 3 is 2.80 bits per heavy atom. The summed E-state index contributed by atoms with van der Waals surface area (Å²) in [5, 5.41) is 0. The summed E-state index contributed by atoms with van der Waals surface area (Å²) in [4.78, 5) is 16.8. The lowest BCUT2D eigenvalue weighted by Crippen LogP contribution is -2.34. The standard InChI is InChI=1S/C11H15N3O/c12-10-7-13-4-1-11(10)14-5-2-9(8-15)3-6-14/h1,4,7-9H,2-3,5-6,12H2. The van der Waals surface area contributed by atoms with Crippen LogP contribution in [0.1, 0.15) is 12.8 Å². The van der Waals surface area contributed by atoms with Crippen molar-refractivity contribution >= 4 is 17.7 Å². The van der Waals surface area contributed by atoms with Crippen molar-refractivity contribution in [1.82, 2.24) is 4.98 Å². The molecule has 0 saturated carbocycles. The largest absolute Gasteiger partial charge is 0.396 e. The van der Waals surface area contributed by atoms with E-state index in [9.17, 15) is 4.79 Å². The fourth-order valence-electron chi connectivity index (χ4n) is 1.96. The molecule has 0 radical (unpaired) electrons. The third-order valence-corrected chi connectivity index (χ3v) is 2.90. The zero-order chi connectivity index (χ0) is 10.7. The van der Waals surface area contributed by atoms with E-state index < -0.39 is 0 Å². The van der Waals surface area contributed by atoms with Crippen molar-refractivity contribution < 1.29 is 4.79 Å². The molecule has 15 heavy (non-hydrogen) atoms. The number of anilines is 2. The number of aldehydes is 1. The smallest absolute Gasteiger partial charge is 0.123 e. The monoisotopic (exact) mass is 205 g/mol.